The summed E-state index contributed by atoms with van der Waals surface area (Å²) in [5.41, 5.74) is 0.608. The molecule has 0 spiro atoms. The molecule has 0 bridgehead atoms. The summed E-state index contributed by atoms with van der Waals surface area (Å²) >= 11 is 0. The SMILES string of the molecule is CCC(=O)Oc1ccc2ccc(C=O)cc2c1. The Balaban J connectivity index is 2.40. The van der Waals surface area contributed by atoms with Crippen molar-refractivity contribution >= 4 is 23.0 Å². The highest BCUT2D eigenvalue weighted by Gasteiger charge is 2.03. The lowest BCUT2D eigenvalue weighted by Gasteiger charge is -2.04. The molecule has 17 heavy (non-hydrogen) atoms. The summed E-state index contributed by atoms with van der Waals surface area (Å²) in [5, 5.41) is 1.89. The number of esters is 1. The number of fused-ring (bicyclic) bond motifs is 1. The van der Waals surface area contributed by atoms with Crippen LogP contribution in [0, 0.1) is 0 Å². The largest absolute Gasteiger partial charge is 0.427 e. The highest BCUT2D eigenvalue weighted by Crippen LogP contribution is 2.22. The fourth-order valence-electron chi connectivity index (χ4n) is 1.58. The second-order valence-electron chi connectivity index (χ2n) is 3.71. The van der Waals surface area contributed by atoms with E-state index in [1.807, 2.05) is 12.1 Å². The molecule has 0 unspecified atom stereocenters. The van der Waals surface area contributed by atoms with Crippen LogP contribution in [0.1, 0.15) is 23.7 Å². The van der Waals surface area contributed by atoms with Crippen molar-refractivity contribution in [1.82, 2.24) is 0 Å². The molecule has 2 aromatic carbocycles. The van der Waals surface area contributed by atoms with E-state index in [0.29, 0.717) is 17.7 Å². The molecule has 0 saturated heterocycles. The maximum absolute atomic E-state index is 11.2. The van der Waals surface area contributed by atoms with Gasteiger partial charge in [-0.2, -0.15) is 0 Å². The number of rotatable bonds is 3. The molecule has 0 aliphatic carbocycles. The third-order valence-corrected chi connectivity index (χ3v) is 2.49. The number of hydrogen-bond acceptors (Lipinski definition) is 3. The van der Waals surface area contributed by atoms with Crippen molar-refractivity contribution in [2.24, 2.45) is 0 Å². The quantitative estimate of drug-likeness (QED) is 0.461. The highest BCUT2D eigenvalue weighted by atomic mass is 16.5. The molecule has 3 heteroatoms. The Hall–Kier alpha value is -2.16. The van der Waals surface area contributed by atoms with Crippen molar-refractivity contribution < 1.29 is 14.3 Å². The van der Waals surface area contributed by atoms with Gasteiger partial charge in [-0.25, -0.2) is 0 Å². The van der Waals surface area contributed by atoms with Crippen LogP contribution in [0.5, 0.6) is 5.75 Å². The first-order valence-corrected chi connectivity index (χ1v) is 5.42. The van der Waals surface area contributed by atoms with Crippen LogP contribution in [0.25, 0.3) is 10.8 Å². The summed E-state index contributed by atoms with van der Waals surface area (Å²) in [6.07, 6.45) is 1.14. The second-order valence-corrected chi connectivity index (χ2v) is 3.71. The van der Waals surface area contributed by atoms with Gasteiger partial charge in [0.2, 0.25) is 0 Å². The van der Waals surface area contributed by atoms with Crippen LogP contribution in [0.2, 0.25) is 0 Å². The first-order chi connectivity index (χ1) is 8.22. The van der Waals surface area contributed by atoms with Gasteiger partial charge in [0.25, 0.3) is 0 Å². The minimum Gasteiger partial charge on any atom is -0.427 e. The summed E-state index contributed by atoms with van der Waals surface area (Å²) in [4.78, 5) is 21.8. The molecule has 0 atom stereocenters. The molecule has 86 valence electrons. The average Bonchev–Trinajstić information content (AvgIpc) is 2.37. The van der Waals surface area contributed by atoms with Crippen molar-refractivity contribution in [3.63, 3.8) is 0 Å². The topological polar surface area (TPSA) is 43.4 Å². The van der Waals surface area contributed by atoms with Crippen LogP contribution in [0.15, 0.2) is 36.4 Å². The van der Waals surface area contributed by atoms with Crippen LogP contribution in [0.3, 0.4) is 0 Å². The van der Waals surface area contributed by atoms with E-state index in [-0.39, 0.29) is 5.97 Å². The van der Waals surface area contributed by atoms with Gasteiger partial charge >= 0.3 is 5.97 Å². The molecule has 0 aliphatic heterocycles. The summed E-state index contributed by atoms with van der Waals surface area (Å²) in [6.45, 7) is 1.74. The van der Waals surface area contributed by atoms with E-state index in [0.717, 1.165) is 17.1 Å². The Morgan fingerprint density at radius 1 is 1.18 bits per heavy atom. The summed E-state index contributed by atoms with van der Waals surface area (Å²) in [6, 6.07) is 10.8. The summed E-state index contributed by atoms with van der Waals surface area (Å²) < 4.78 is 5.12. The predicted molar refractivity (Wildman–Crippen MR) is 65.3 cm³/mol. The maximum atomic E-state index is 11.2. The molecule has 0 aromatic heterocycles. The van der Waals surface area contributed by atoms with Gasteiger partial charge in [0, 0.05) is 12.0 Å². The monoisotopic (exact) mass is 228 g/mol. The van der Waals surface area contributed by atoms with E-state index in [1.165, 1.54) is 0 Å². The Morgan fingerprint density at radius 2 is 1.94 bits per heavy atom. The second kappa shape index (κ2) is 4.78. The Morgan fingerprint density at radius 3 is 2.65 bits per heavy atom. The minimum absolute atomic E-state index is 0.268. The molecule has 3 nitrogen and oxygen atoms in total. The fourth-order valence-corrected chi connectivity index (χ4v) is 1.58. The van der Waals surface area contributed by atoms with Crippen molar-refractivity contribution in [2.45, 2.75) is 13.3 Å². The molecule has 0 N–H and O–H groups in total. The van der Waals surface area contributed by atoms with Gasteiger partial charge < -0.3 is 4.74 Å². The van der Waals surface area contributed by atoms with Gasteiger partial charge in [-0.3, -0.25) is 9.59 Å². The maximum Gasteiger partial charge on any atom is 0.310 e. The first kappa shape index (κ1) is 11.3. The number of benzene rings is 2. The van der Waals surface area contributed by atoms with E-state index in [4.69, 9.17) is 4.74 Å². The first-order valence-electron chi connectivity index (χ1n) is 5.42. The number of carbonyl (C=O) groups excluding carboxylic acids is 2. The van der Waals surface area contributed by atoms with Crippen LogP contribution < -0.4 is 4.74 Å². The number of carbonyl (C=O) groups is 2. The molecule has 2 rings (SSSR count). The molecule has 0 aliphatic rings. The Labute approximate surface area is 99.0 Å². The van der Waals surface area contributed by atoms with E-state index < -0.39 is 0 Å². The molecular weight excluding hydrogens is 216 g/mol. The van der Waals surface area contributed by atoms with Crippen molar-refractivity contribution in [3.8, 4) is 5.75 Å². The lowest BCUT2D eigenvalue weighted by molar-refractivity contribution is -0.134. The zero-order valence-corrected chi connectivity index (χ0v) is 9.47. The minimum atomic E-state index is -0.268. The fraction of sp³-hybridized carbons (Fsp3) is 0.143. The predicted octanol–water partition coefficient (Wildman–Crippen LogP) is 2.97. The van der Waals surface area contributed by atoms with Crippen LogP contribution >= 0.6 is 0 Å². The van der Waals surface area contributed by atoms with Gasteiger partial charge in [-0.05, 0) is 29.0 Å². The Bertz CT molecular complexity index is 573. The van der Waals surface area contributed by atoms with E-state index >= 15 is 0 Å². The third-order valence-electron chi connectivity index (χ3n) is 2.49. The smallest absolute Gasteiger partial charge is 0.310 e. The molecule has 2 aromatic rings. The highest BCUT2D eigenvalue weighted by molar-refractivity contribution is 5.90. The molecule has 0 heterocycles. The Kier molecular flexibility index (Phi) is 3.19. The normalized spacial score (nSPS) is 10.2. The van der Waals surface area contributed by atoms with Crippen molar-refractivity contribution in [1.29, 1.82) is 0 Å². The lowest BCUT2D eigenvalue weighted by atomic mass is 10.1. The number of hydrogen-bond donors (Lipinski definition) is 0. The van der Waals surface area contributed by atoms with Gasteiger partial charge in [-0.1, -0.05) is 25.1 Å². The van der Waals surface area contributed by atoms with Crippen molar-refractivity contribution in [2.75, 3.05) is 0 Å². The van der Waals surface area contributed by atoms with E-state index in [2.05, 4.69) is 0 Å². The summed E-state index contributed by atoms with van der Waals surface area (Å²) in [5.74, 6) is 0.239. The zero-order valence-electron chi connectivity index (χ0n) is 9.47. The zero-order chi connectivity index (χ0) is 12.3. The van der Waals surface area contributed by atoms with E-state index in [9.17, 15) is 9.59 Å². The number of aldehydes is 1. The van der Waals surface area contributed by atoms with Gasteiger partial charge in [0.05, 0.1) is 0 Å². The molecule has 0 saturated carbocycles. The van der Waals surface area contributed by atoms with Gasteiger partial charge in [0.15, 0.2) is 0 Å². The van der Waals surface area contributed by atoms with Crippen LogP contribution in [-0.4, -0.2) is 12.3 Å². The van der Waals surface area contributed by atoms with Crippen LogP contribution in [-0.2, 0) is 4.79 Å². The molecule has 0 amide bonds. The molecule has 0 radical (unpaired) electrons. The standard InChI is InChI=1S/C14H12O3/c1-2-14(16)17-13-6-5-11-4-3-10(9-15)7-12(11)8-13/h3-9H,2H2,1H3. The average molecular weight is 228 g/mol. The summed E-state index contributed by atoms with van der Waals surface area (Å²) in [7, 11) is 0. The lowest BCUT2D eigenvalue weighted by Crippen LogP contribution is -2.05. The van der Waals surface area contributed by atoms with E-state index in [1.54, 1.807) is 31.2 Å². The third kappa shape index (κ3) is 2.50. The van der Waals surface area contributed by atoms with Crippen LogP contribution in [0.4, 0.5) is 0 Å². The number of ether oxygens (including phenoxy) is 1. The van der Waals surface area contributed by atoms with Crippen molar-refractivity contribution in [3.05, 3.63) is 42.0 Å². The molecule has 0 fully saturated rings. The van der Waals surface area contributed by atoms with Gasteiger partial charge in [-0.15, -0.1) is 0 Å². The van der Waals surface area contributed by atoms with Gasteiger partial charge in [0.1, 0.15) is 12.0 Å². The molecular formula is C14H12O3.